The Hall–Kier alpha value is -0.330. The summed E-state index contributed by atoms with van der Waals surface area (Å²) in [6.45, 7) is 0.538. The molecule has 2 N–H and O–H groups in total. The lowest BCUT2D eigenvalue weighted by Gasteiger charge is -2.12. The van der Waals surface area contributed by atoms with Gasteiger partial charge in [0.25, 0.3) is 0 Å². The maximum atomic E-state index is 12.3. The quantitative estimate of drug-likeness (QED) is 0.840. The van der Waals surface area contributed by atoms with Crippen molar-refractivity contribution >= 4 is 33.2 Å². The smallest absolute Gasteiger partial charge is 0.242 e. The highest BCUT2D eigenvalue weighted by Crippen LogP contribution is 2.32. The molecule has 0 aliphatic heterocycles. The lowest BCUT2D eigenvalue weighted by Crippen LogP contribution is -2.26. The van der Waals surface area contributed by atoms with Crippen LogP contribution in [0.25, 0.3) is 0 Å². The summed E-state index contributed by atoms with van der Waals surface area (Å²) in [6.07, 6.45) is 4.08. The molecule has 20 heavy (non-hydrogen) atoms. The molecular weight excluding hydrogens is 319 g/mol. The second kappa shape index (κ2) is 5.46. The van der Waals surface area contributed by atoms with E-state index in [1.165, 1.54) is 6.07 Å². The van der Waals surface area contributed by atoms with Crippen LogP contribution in [0.4, 0.5) is 0 Å². The largest absolute Gasteiger partial charge is 0.310 e. The fourth-order valence-corrected chi connectivity index (χ4v) is 4.21. The number of halogens is 2. The van der Waals surface area contributed by atoms with Gasteiger partial charge in [0.2, 0.25) is 10.0 Å². The van der Waals surface area contributed by atoms with Gasteiger partial charge in [0.05, 0.1) is 5.02 Å². The topological polar surface area (TPSA) is 58.2 Å². The molecule has 0 unspecified atom stereocenters. The van der Waals surface area contributed by atoms with Crippen LogP contribution in [0.15, 0.2) is 17.0 Å². The van der Waals surface area contributed by atoms with E-state index < -0.39 is 10.0 Å². The van der Waals surface area contributed by atoms with Gasteiger partial charge in [-0.1, -0.05) is 23.2 Å². The summed E-state index contributed by atoms with van der Waals surface area (Å²) >= 11 is 12.3. The van der Waals surface area contributed by atoms with Gasteiger partial charge < -0.3 is 5.32 Å². The summed E-state index contributed by atoms with van der Waals surface area (Å²) in [4.78, 5) is 0.0752. The van der Waals surface area contributed by atoms with Crippen LogP contribution >= 0.6 is 23.2 Å². The van der Waals surface area contributed by atoms with Crippen molar-refractivity contribution < 1.29 is 8.42 Å². The molecule has 1 aromatic rings. The first-order valence-corrected chi connectivity index (χ1v) is 8.93. The first-order valence-electron chi connectivity index (χ1n) is 6.69. The average molecular weight is 335 g/mol. The molecule has 110 valence electrons. The van der Waals surface area contributed by atoms with E-state index in [-0.39, 0.29) is 16.0 Å². The normalized spacial score (nSPS) is 19.3. The molecule has 0 atom stereocenters. The number of hydrogen-bond donors (Lipinski definition) is 2. The van der Waals surface area contributed by atoms with Crippen LogP contribution in [0.1, 0.15) is 31.2 Å². The van der Waals surface area contributed by atoms with Gasteiger partial charge in [-0.3, -0.25) is 0 Å². The van der Waals surface area contributed by atoms with E-state index in [2.05, 4.69) is 10.0 Å². The number of rotatable bonds is 6. The SMILES string of the molecule is O=S(=O)(NC1CC1)c1cc(Cl)cc(CNC2CC2)c1Cl. The van der Waals surface area contributed by atoms with E-state index in [0.717, 1.165) is 31.2 Å². The molecule has 2 aliphatic carbocycles. The maximum Gasteiger partial charge on any atom is 0.242 e. The molecule has 7 heteroatoms. The second-order valence-electron chi connectivity index (χ2n) is 5.43. The van der Waals surface area contributed by atoms with Gasteiger partial charge in [0.1, 0.15) is 4.90 Å². The van der Waals surface area contributed by atoms with Gasteiger partial charge in [-0.05, 0) is 43.4 Å². The summed E-state index contributed by atoms with van der Waals surface area (Å²) in [5, 5.41) is 3.96. The Kier molecular flexibility index (Phi) is 3.99. The van der Waals surface area contributed by atoms with Crippen molar-refractivity contribution in [3.63, 3.8) is 0 Å². The summed E-state index contributed by atoms with van der Waals surface area (Å²) in [5.74, 6) is 0. The molecule has 0 spiro atoms. The molecule has 2 fully saturated rings. The van der Waals surface area contributed by atoms with Crippen LogP contribution in [0.3, 0.4) is 0 Å². The van der Waals surface area contributed by atoms with E-state index in [1.54, 1.807) is 6.07 Å². The van der Waals surface area contributed by atoms with Crippen molar-refractivity contribution in [1.82, 2.24) is 10.0 Å². The fourth-order valence-electron chi connectivity index (χ4n) is 1.97. The molecule has 1 aromatic carbocycles. The molecule has 3 rings (SSSR count). The zero-order valence-electron chi connectivity index (χ0n) is 10.8. The molecular formula is C13H16Cl2N2O2S. The third kappa shape index (κ3) is 3.46. The molecule has 0 heterocycles. The van der Waals surface area contributed by atoms with Crippen molar-refractivity contribution in [3.05, 3.63) is 27.7 Å². The maximum absolute atomic E-state index is 12.3. The second-order valence-corrected chi connectivity index (χ2v) is 7.92. The molecule has 0 aromatic heterocycles. The monoisotopic (exact) mass is 334 g/mol. The first-order chi connectivity index (χ1) is 9.45. The standard InChI is InChI=1S/C13H16Cl2N2O2S/c14-9-5-8(7-16-10-1-2-10)13(15)12(6-9)20(18,19)17-11-3-4-11/h5-6,10-11,16-17H,1-4,7H2. The average Bonchev–Trinajstić information content (AvgIpc) is 3.23. The van der Waals surface area contributed by atoms with Crippen molar-refractivity contribution in [2.75, 3.05) is 0 Å². The van der Waals surface area contributed by atoms with Crippen molar-refractivity contribution in [3.8, 4) is 0 Å². The van der Waals surface area contributed by atoms with Crippen LogP contribution in [0, 0.1) is 0 Å². The molecule has 0 radical (unpaired) electrons. The first kappa shape index (κ1) is 14.6. The Labute approximate surface area is 128 Å². The van der Waals surface area contributed by atoms with E-state index in [0.29, 0.717) is 17.6 Å². The van der Waals surface area contributed by atoms with Gasteiger partial charge in [0.15, 0.2) is 0 Å². The van der Waals surface area contributed by atoms with Crippen LogP contribution in [-0.2, 0) is 16.6 Å². The van der Waals surface area contributed by atoms with Gasteiger partial charge in [0, 0.05) is 23.7 Å². The highest BCUT2D eigenvalue weighted by molar-refractivity contribution is 7.89. The summed E-state index contributed by atoms with van der Waals surface area (Å²) in [5.41, 5.74) is 0.724. The number of benzene rings is 1. The molecule has 2 aliphatic rings. The number of sulfonamides is 1. The van der Waals surface area contributed by atoms with E-state index in [9.17, 15) is 8.42 Å². The summed E-state index contributed by atoms with van der Waals surface area (Å²) < 4.78 is 27.2. The van der Waals surface area contributed by atoms with Crippen LogP contribution in [-0.4, -0.2) is 20.5 Å². The molecule has 4 nitrogen and oxygen atoms in total. The van der Waals surface area contributed by atoms with E-state index >= 15 is 0 Å². The van der Waals surface area contributed by atoms with E-state index in [1.807, 2.05) is 0 Å². The van der Waals surface area contributed by atoms with Crippen LogP contribution in [0.2, 0.25) is 10.0 Å². The lowest BCUT2D eigenvalue weighted by molar-refractivity contribution is 0.580. The highest BCUT2D eigenvalue weighted by Gasteiger charge is 2.30. The number of hydrogen-bond acceptors (Lipinski definition) is 3. The molecule has 0 amide bonds. The Morgan fingerprint density at radius 2 is 1.75 bits per heavy atom. The van der Waals surface area contributed by atoms with Crippen molar-refractivity contribution in [2.24, 2.45) is 0 Å². The Morgan fingerprint density at radius 1 is 1.10 bits per heavy atom. The third-order valence-electron chi connectivity index (χ3n) is 3.43. The van der Waals surface area contributed by atoms with Gasteiger partial charge in [-0.2, -0.15) is 0 Å². The molecule has 2 saturated carbocycles. The molecule has 0 bridgehead atoms. The van der Waals surface area contributed by atoms with Gasteiger partial charge >= 0.3 is 0 Å². The third-order valence-corrected chi connectivity index (χ3v) is 5.75. The lowest BCUT2D eigenvalue weighted by atomic mass is 10.2. The minimum Gasteiger partial charge on any atom is -0.310 e. The Morgan fingerprint density at radius 3 is 2.35 bits per heavy atom. The highest BCUT2D eigenvalue weighted by atomic mass is 35.5. The van der Waals surface area contributed by atoms with Crippen LogP contribution < -0.4 is 10.0 Å². The number of nitrogens with one attached hydrogen (secondary N) is 2. The molecule has 0 saturated heterocycles. The zero-order chi connectivity index (χ0) is 14.3. The predicted molar refractivity (Wildman–Crippen MR) is 79.7 cm³/mol. The zero-order valence-corrected chi connectivity index (χ0v) is 13.2. The summed E-state index contributed by atoms with van der Waals surface area (Å²) in [6, 6.07) is 3.70. The summed E-state index contributed by atoms with van der Waals surface area (Å²) in [7, 11) is -3.59. The van der Waals surface area contributed by atoms with Crippen LogP contribution in [0.5, 0.6) is 0 Å². The minimum atomic E-state index is -3.59. The van der Waals surface area contributed by atoms with Crippen molar-refractivity contribution in [1.29, 1.82) is 0 Å². The fraction of sp³-hybridized carbons (Fsp3) is 0.538. The van der Waals surface area contributed by atoms with Gasteiger partial charge in [-0.25, -0.2) is 13.1 Å². The van der Waals surface area contributed by atoms with Gasteiger partial charge in [-0.15, -0.1) is 0 Å². The van der Waals surface area contributed by atoms with E-state index in [4.69, 9.17) is 23.2 Å². The predicted octanol–water partition coefficient (Wildman–Crippen LogP) is 2.69. The minimum absolute atomic E-state index is 0.0445. The Balaban J connectivity index is 1.88. The van der Waals surface area contributed by atoms with Crippen molar-refractivity contribution in [2.45, 2.75) is 49.2 Å². The Bertz CT molecular complexity index is 626.